The highest BCUT2D eigenvalue weighted by Crippen LogP contribution is 2.20. The summed E-state index contributed by atoms with van der Waals surface area (Å²) < 4.78 is 14.5. The Labute approximate surface area is 154 Å². The summed E-state index contributed by atoms with van der Waals surface area (Å²) in [7, 11) is 0. The average Bonchev–Trinajstić information content (AvgIpc) is 2.55. The van der Waals surface area contributed by atoms with Gasteiger partial charge in [0.2, 0.25) is 5.91 Å². The van der Waals surface area contributed by atoms with Gasteiger partial charge in [-0.25, -0.2) is 9.18 Å². The molecule has 0 bridgehead atoms. The molecule has 5 nitrogen and oxygen atoms in total. The van der Waals surface area contributed by atoms with Crippen molar-refractivity contribution in [3.63, 3.8) is 0 Å². The van der Waals surface area contributed by atoms with Crippen molar-refractivity contribution in [2.45, 2.75) is 19.9 Å². The molecule has 0 aliphatic rings. The highest BCUT2D eigenvalue weighted by molar-refractivity contribution is 9.10. The third-order valence-corrected chi connectivity index (χ3v) is 3.95. The number of urea groups is 1. The van der Waals surface area contributed by atoms with Gasteiger partial charge in [0.15, 0.2) is 0 Å². The van der Waals surface area contributed by atoms with Gasteiger partial charge in [0.1, 0.15) is 11.9 Å². The van der Waals surface area contributed by atoms with Crippen molar-refractivity contribution in [3.05, 3.63) is 58.8 Å². The van der Waals surface area contributed by atoms with Crippen LogP contribution in [0.4, 0.5) is 20.6 Å². The van der Waals surface area contributed by atoms with Crippen LogP contribution >= 0.6 is 15.9 Å². The maximum atomic E-state index is 13.9. The minimum absolute atomic E-state index is 0.0594. The molecule has 7 heteroatoms. The van der Waals surface area contributed by atoms with Gasteiger partial charge in [-0.05, 0) is 36.2 Å². The van der Waals surface area contributed by atoms with Gasteiger partial charge >= 0.3 is 6.03 Å². The van der Waals surface area contributed by atoms with Gasteiger partial charge in [0, 0.05) is 10.2 Å². The first-order valence-corrected chi connectivity index (χ1v) is 8.54. The number of para-hydroxylation sites is 1. The molecule has 2 aromatic rings. The summed E-state index contributed by atoms with van der Waals surface area (Å²) in [6.45, 7) is 3.59. The fourth-order valence-corrected chi connectivity index (χ4v) is 2.50. The summed E-state index contributed by atoms with van der Waals surface area (Å²) in [6.07, 6.45) is 0. The van der Waals surface area contributed by atoms with Crippen molar-refractivity contribution in [3.8, 4) is 0 Å². The first kappa shape index (κ1) is 18.9. The van der Waals surface area contributed by atoms with Gasteiger partial charge in [-0.15, -0.1) is 0 Å². The lowest BCUT2D eigenvalue weighted by Crippen LogP contribution is -2.48. The van der Waals surface area contributed by atoms with Crippen LogP contribution in [-0.2, 0) is 4.79 Å². The van der Waals surface area contributed by atoms with E-state index in [0.29, 0.717) is 10.2 Å². The summed E-state index contributed by atoms with van der Waals surface area (Å²) >= 11 is 3.16. The quantitative estimate of drug-likeness (QED) is 0.688. The van der Waals surface area contributed by atoms with Gasteiger partial charge < -0.3 is 16.0 Å². The number of nitrogens with one attached hydrogen (secondary N) is 3. The molecule has 0 saturated heterocycles. The third-order valence-electron chi connectivity index (χ3n) is 3.46. The van der Waals surface area contributed by atoms with Crippen molar-refractivity contribution < 1.29 is 14.0 Å². The van der Waals surface area contributed by atoms with E-state index in [2.05, 4.69) is 31.9 Å². The minimum atomic E-state index is -0.813. The van der Waals surface area contributed by atoms with E-state index in [0.717, 1.165) is 0 Å². The highest BCUT2D eigenvalue weighted by atomic mass is 79.9. The van der Waals surface area contributed by atoms with E-state index in [1.807, 2.05) is 6.07 Å². The number of anilines is 2. The van der Waals surface area contributed by atoms with Gasteiger partial charge in [0.25, 0.3) is 0 Å². The third kappa shape index (κ3) is 5.56. The maximum absolute atomic E-state index is 13.9. The summed E-state index contributed by atoms with van der Waals surface area (Å²) in [5, 5.41) is 7.79. The molecule has 1 unspecified atom stereocenters. The van der Waals surface area contributed by atoms with E-state index in [-0.39, 0.29) is 11.6 Å². The zero-order chi connectivity index (χ0) is 18.4. The lowest BCUT2D eigenvalue weighted by molar-refractivity contribution is -0.118. The Balaban J connectivity index is 2.03. The molecule has 3 amide bonds. The van der Waals surface area contributed by atoms with Crippen molar-refractivity contribution in [2.75, 3.05) is 10.6 Å². The summed E-state index contributed by atoms with van der Waals surface area (Å²) in [6, 6.07) is 11.9. The van der Waals surface area contributed by atoms with Crippen LogP contribution in [0, 0.1) is 11.7 Å². The molecule has 3 N–H and O–H groups in total. The second-order valence-electron chi connectivity index (χ2n) is 5.80. The second-order valence-corrected chi connectivity index (χ2v) is 6.72. The Hall–Kier alpha value is -2.41. The van der Waals surface area contributed by atoms with Crippen LogP contribution in [-0.4, -0.2) is 18.0 Å². The van der Waals surface area contributed by atoms with Crippen molar-refractivity contribution in [2.24, 2.45) is 5.92 Å². The Bertz CT molecular complexity index is 753. The van der Waals surface area contributed by atoms with Crippen molar-refractivity contribution >= 4 is 39.2 Å². The van der Waals surface area contributed by atoms with E-state index in [1.165, 1.54) is 12.1 Å². The molecule has 25 heavy (non-hydrogen) atoms. The maximum Gasteiger partial charge on any atom is 0.319 e. The van der Waals surface area contributed by atoms with E-state index in [9.17, 15) is 14.0 Å². The number of hydrogen-bond donors (Lipinski definition) is 3. The van der Waals surface area contributed by atoms with Crippen LogP contribution in [0.3, 0.4) is 0 Å². The van der Waals surface area contributed by atoms with Gasteiger partial charge in [0.05, 0.1) is 5.69 Å². The molecule has 0 aliphatic carbocycles. The van der Waals surface area contributed by atoms with Crippen LogP contribution in [0.2, 0.25) is 0 Å². The Morgan fingerprint density at radius 2 is 1.72 bits per heavy atom. The second kappa shape index (κ2) is 8.62. The molecule has 0 radical (unpaired) electrons. The van der Waals surface area contributed by atoms with E-state index < -0.39 is 23.8 Å². The normalized spacial score (nSPS) is 11.7. The van der Waals surface area contributed by atoms with Crippen LogP contribution < -0.4 is 16.0 Å². The van der Waals surface area contributed by atoms with Crippen LogP contribution in [0.25, 0.3) is 0 Å². The summed E-state index contributed by atoms with van der Waals surface area (Å²) in [5.74, 6) is -1.22. The number of hydrogen-bond acceptors (Lipinski definition) is 2. The first-order chi connectivity index (χ1) is 11.9. The largest absolute Gasteiger partial charge is 0.326 e. The molecule has 0 heterocycles. The molecule has 0 aromatic heterocycles. The Morgan fingerprint density at radius 1 is 1.04 bits per heavy atom. The topological polar surface area (TPSA) is 70.2 Å². The summed E-state index contributed by atoms with van der Waals surface area (Å²) in [4.78, 5) is 24.6. The van der Waals surface area contributed by atoms with Crippen LogP contribution in [0.5, 0.6) is 0 Å². The first-order valence-electron chi connectivity index (χ1n) is 7.75. The SMILES string of the molecule is CC(C)C(NC(=O)Nc1ccccc1)C(=O)Nc1ccc(Br)cc1F. The van der Waals surface area contributed by atoms with E-state index in [1.54, 1.807) is 44.2 Å². The lowest BCUT2D eigenvalue weighted by Gasteiger charge is -2.22. The fraction of sp³-hybridized carbons (Fsp3) is 0.222. The predicted molar refractivity (Wildman–Crippen MR) is 100.0 cm³/mol. The molecular weight excluding hydrogens is 389 g/mol. The number of carbonyl (C=O) groups is 2. The monoisotopic (exact) mass is 407 g/mol. The van der Waals surface area contributed by atoms with Crippen LogP contribution in [0.15, 0.2) is 53.0 Å². The zero-order valence-electron chi connectivity index (χ0n) is 13.8. The van der Waals surface area contributed by atoms with Crippen molar-refractivity contribution in [1.82, 2.24) is 5.32 Å². The van der Waals surface area contributed by atoms with E-state index in [4.69, 9.17) is 0 Å². The molecule has 0 saturated carbocycles. The standard InChI is InChI=1S/C18H19BrFN3O2/c1-11(2)16(23-18(25)21-13-6-4-3-5-7-13)17(24)22-15-9-8-12(19)10-14(15)20/h3-11,16H,1-2H3,(H,22,24)(H2,21,23,25). The average molecular weight is 408 g/mol. The molecule has 0 spiro atoms. The molecule has 2 rings (SSSR count). The minimum Gasteiger partial charge on any atom is -0.326 e. The molecular formula is C18H19BrFN3O2. The number of carbonyl (C=O) groups excluding carboxylic acids is 2. The van der Waals surface area contributed by atoms with Crippen LogP contribution in [0.1, 0.15) is 13.8 Å². The number of benzene rings is 2. The number of rotatable bonds is 5. The predicted octanol–water partition coefficient (Wildman–Crippen LogP) is 4.37. The molecule has 2 aromatic carbocycles. The van der Waals surface area contributed by atoms with Gasteiger partial charge in [-0.2, -0.15) is 0 Å². The van der Waals surface area contributed by atoms with Gasteiger partial charge in [-0.1, -0.05) is 48.0 Å². The van der Waals surface area contributed by atoms with Crippen molar-refractivity contribution in [1.29, 1.82) is 0 Å². The fourth-order valence-electron chi connectivity index (χ4n) is 2.17. The summed E-state index contributed by atoms with van der Waals surface area (Å²) in [5.41, 5.74) is 0.672. The highest BCUT2D eigenvalue weighted by Gasteiger charge is 2.25. The molecule has 132 valence electrons. The molecule has 1 atom stereocenters. The van der Waals surface area contributed by atoms with Gasteiger partial charge in [-0.3, -0.25) is 4.79 Å². The van der Waals surface area contributed by atoms with E-state index >= 15 is 0 Å². The lowest BCUT2D eigenvalue weighted by atomic mass is 10.0. The number of amides is 3. The smallest absolute Gasteiger partial charge is 0.319 e. The molecule has 0 aliphatic heterocycles. The number of halogens is 2. The zero-order valence-corrected chi connectivity index (χ0v) is 15.4. The Kier molecular flexibility index (Phi) is 6.52. The Morgan fingerprint density at radius 3 is 2.32 bits per heavy atom. The molecule has 0 fully saturated rings.